The van der Waals surface area contributed by atoms with Gasteiger partial charge in [-0.05, 0) is 61.2 Å². The Kier molecular flexibility index (Phi) is 4.52. The number of aryl methyl sites for hydroxylation is 3. The molecule has 0 N–H and O–H groups in total. The first kappa shape index (κ1) is 15.1. The normalized spacial score (nSPS) is 10.7. The van der Waals surface area contributed by atoms with E-state index in [0.29, 0.717) is 16.5 Å². The van der Waals surface area contributed by atoms with E-state index in [1.165, 1.54) is 5.56 Å². The third-order valence-electron chi connectivity index (χ3n) is 3.49. The molecule has 0 aliphatic carbocycles. The molecule has 2 aromatic rings. The van der Waals surface area contributed by atoms with Gasteiger partial charge in [0.25, 0.3) is 0 Å². The van der Waals surface area contributed by atoms with Crippen LogP contribution < -0.4 is 0 Å². The zero-order chi connectivity index (χ0) is 14.9. The largest absolute Gasteiger partial charge is 0.294 e. The van der Waals surface area contributed by atoms with E-state index < -0.39 is 0 Å². The summed E-state index contributed by atoms with van der Waals surface area (Å²) in [5, 5.41) is 0.985. The SMILES string of the molecule is Cc1cc(C)c(C(=O)Cc2ccc(Cl)c(Cl)c2)cc1C. The van der Waals surface area contributed by atoms with Gasteiger partial charge in [0, 0.05) is 12.0 Å². The van der Waals surface area contributed by atoms with Gasteiger partial charge in [-0.1, -0.05) is 35.3 Å². The van der Waals surface area contributed by atoms with Crippen molar-refractivity contribution in [3.05, 3.63) is 68.2 Å². The van der Waals surface area contributed by atoms with Crippen LogP contribution in [0.1, 0.15) is 32.6 Å². The number of ketones is 1. The summed E-state index contributed by atoms with van der Waals surface area (Å²) in [6.45, 7) is 6.04. The van der Waals surface area contributed by atoms with E-state index in [4.69, 9.17) is 23.2 Å². The van der Waals surface area contributed by atoms with E-state index in [-0.39, 0.29) is 5.78 Å². The molecule has 0 amide bonds. The first-order chi connectivity index (χ1) is 9.38. The highest BCUT2D eigenvalue weighted by atomic mass is 35.5. The van der Waals surface area contributed by atoms with Crippen molar-refractivity contribution in [2.45, 2.75) is 27.2 Å². The summed E-state index contributed by atoms with van der Waals surface area (Å²) >= 11 is 11.9. The van der Waals surface area contributed by atoms with Crippen LogP contribution in [0.4, 0.5) is 0 Å². The number of carbonyl (C=O) groups excluding carboxylic acids is 1. The van der Waals surface area contributed by atoms with Crippen LogP contribution in [0.15, 0.2) is 30.3 Å². The third-order valence-corrected chi connectivity index (χ3v) is 4.23. The van der Waals surface area contributed by atoms with Crippen LogP contribution in [0.5, 0.6) is 0 Å². The summed E-state index contributed by atoms with van der Waals surface area (Å²) in [6.07, 6.45) is 0.334. The molecule has 104 valence electrons. The lowest BCUT2D eigenvalue weighted by Crippen LogP contribution is -2.06. The van der Waals surface area contributed by atoms with Crippen molar-refractivity contribution in [2.75, 3.05) is 0 Å². The second-order valence-electron chi connectivity index (χ2n) is 5.10. The monoisotopic (exact) mass is 306 g/mol. The summed E-state index contributed by atoms with van der Waals surface area (Å²) in [5.41, 5.74) is 5.00. The number of hydrogen-bond donors (Lipinski definition) is 0. The average Bonchev–Trinajstić information content (AvgIpc) is 2.38. The molecule has 0 spiro atoms. The van der Waals surface area contributed by atoms with E-state index in [1.807, 2.05) is 26.0 Å². The molecule has 2 aromatic carbocycles. The number of rotatable bonds is 3. The summed E-state index contributed by atoms with van der Waals surface area (Å²) in [4.78, 5) is 12.4. The Morgan fingerprint density at radius 1 is 0.900 bits per heavy atom. The molecule has 2 rings (SSSR count). The van der Waals surface area contributed by atoms with E-state index >= 15 is 0 Å². The van der Waals surface area contributed by atoms with Crippen LogP contribution in [0.25, 0.3) is 0 Å². The number of hydrogen-bond acceptors (Lipinski definition) is 1. The molecule has 0 aliphatic heterocycles. The fraction of sp³-hybridized carbons (Fsp3) is 0.235. The second kappa shape index (κ2) is 5.99. The third kappa shape index (κ3) is 3.23. The van der Waals surface area contributed by atoms with Crippen molar-refractivity contribution in [3.63, 3.8) is 0 Å². The minimum Gasteiger partial charge on any atom is -0.294 e. The fourth-order valence-electron chi connectivity index (χ4n) is 2.19. The Morgan fingerprint density at radius 2 is 1.55 bits per heavy atom. The van der Waals surface area contributed by atoms with Crippen molar-refractivity contribution in [1.29, 1.82) is 0 Å². The molecule has 1 nitrogen and oxygen atoms in total. The molecular weight excluding hydrogens is 291 g/mol. The second-order valence-corrected chi connectivity index (χ2v) is 5.91. The predicted octanol–water partition coefficient (Wildman–Crippen LogP) is 5.34. The maximum Gasteiger partial charge on any atom is 0.167 e. The van der Waals surface area contributed by atoms with Gasteiger partial charge in [-0.15, -0.1) is 0 Å². The molecule has 0 radical (unpaired) electrons. The molecule has 0 fully saturated rings. The molecular formula is C17H16Cl2O. The van der Waals surface area contributed by atoms with Crippen molar-refractivity contribution in [3.8, 4) is 0 Å². The van der Waals surface area contributed by atoms with Crippen LogP contribution in [0.3, 0.4) is 0 Å². The van der Waals surface area contributed by atoms with E-state index in [1.54, 1.807) is 12.1 Å². The highest BCUT2D eigenvalue weighted by molar-refractivity contribution is 6.42. The van der Waals surface area contributed by atoms with Gasteiger partial charge in [-0.25, -0.2) is 0 Å². The first-order valence-corrected chi connectivity index (χ1v) is 7.19. The highest BCUT2D eigenvalue weighted by Gasteiger charge is 2.12. The Balaban J connectivity index is 2.28. The van der Waals surface area contributed by atoms with E-state index in [9.17, 15) is 4.79 Å². The molecule has 20 heavy (non-hydrogen) atoms. The Labute approximate surface area is 129 Å². The quantitative estimate of drug-likeness (QED) is 0.699. The van der Waals surface area contributed by atoms with Gasteiger partial charge in [0.2, 0.25) is 0 Å². The number of halogens is 2. The topological polar surface area (TPSA) is 17.1 Å². The van der Waals surface area contributed by atoms with Gasteiger partial charge in [-0.3, -0.25) is 4.79 Å². The number of benzene rings is 2. The predicted molar refractivity (Wildman–Crippen MR) is 85.1 cm³/mol. The van der Waals surface area contributed by atoms with E-state index in [0.717, 1.165) is 22.3 Å². The van der Waals surface area contributed by atoms with Crippen molar-refractivity contribution >= 4 is 29.0 Å². The lowest BCUT2D eigenvalue weighted by molar-refractivity contribution is 0.0992. The summed E-state index contributed by atoms with van der Waals surface area (Å²) in [7, 11) is 0. The summed E-state index contributed by atoms with van der Waals surface area (Å²) in [5.74, 6) is 0.101. The van der Waals surface area contributed by atoms with Crippen LogP contribution >= 0.6 is 23.2 Å². The molecule has 0 unspecified atom stereocenters. The van der Waals surface area contributed by atoms with Gasteiger partial charge in [0.1, 0.15) is 0 Å². The zero-order valence-corrected chi connectivity index (χ0v) is 13.3. The highest BCUT2D eigenvalue weighted by Crippen LogP contribution is 2.24. The Hall–Kier alpha value is -1.31. The molecule has 0 bridgehead atoms. The number of Topliss-reactive ketones (excluding diaryl/α,β-unsaturated/α-hetero) is 1. The first-order valence-electron chi connectivity index (χ1n) is 6.43. The average molecular weight is 307 g/mol. The van der Waals surface area contributed by atoms with Crippen molar-refractivity contribution < 1.29 is 4.79 Å². The fourth-order valence-corrected chi connectivity index (χ4v) is 2.51. The van der Waals surface area contributed by atoms with Crippen molar-refractivity contribution in [2.24, 2.45) is 0 Å². The van der Waals surface area contributed by atoms with Gasteiger partial charge in [0.05, 0.1) is 10.0 Å². The van der Waals surface area contributed by atoms with Crippen LogP contribution in [-0.2, 0) is 6.42 Å². The number of carbonyl (C=O) groups is 1. The van der Waals surface area contributed by atoms with Gasteiger partial charge >= 0.3 is 0 Å². The molecule has 0 atom stereocenters. The molecule has 0 saturated heterocycles. The lowest BCUT2D eigenvalue weighted by Gasteiger charge is -2.09. The smallest absolute Gasteiger partial charge is 0.167 e. The summed E-state index contributed by atoms with van der Waals surface area (Å²) in [6, 6.07) is 9.32. The minimum atomic E-state index is 0.101. The van der Waals surface area contributed by atoms with E-state index in [2.05, 4.69) is 13.0 Å². The Bertz CT molecular complexity index is 675. The van der Waals surface area contributed by atoms with Crippen LogP contribution in [-0.4, -0.2) is 5.78 Å². The summed E-state index contributed by atoms with van der Waals surface area (Å²) < 4.78 is 0. The maximum atomic E-state index is 12.4. The maximum absolute atomic E-state index is 12.4. The van der Waals surface area contributed by atoms with Gasteiger partial charge in [-0.2, -0.15) is 0 Å². The van der Waals surface area contributed by atoms with Crippen LogP contribution in [0, 0.1) is 20.8 Å². The Morgan fingerprint density at radius 3 is 2.20 bits per heavy atom. The molecule has 0 aliphatic rings. The molecule has 0 aromatic heterocycles. The molecule has 0 saturated carbocycles. The standard InChI is InChI=1S/C17H16Cl2O/c1-10-6-12(3)14(7-11(10)2)17(20)9-13-4-5-15(18)16(19)8-13/h4-8H,9H2,1-3H3. The van der Waals surface area contributed by atoms with Crippen LogP contribution in [0.2, 0.25) is 10.0 Å². The van der Waals surface area contributed by atoms with Gasteiger partial charge in [0.15, 0.2) is 5.78 Å². The van der Waals surface area contributed by atoms with Gasteiger partial charge < -0.3 is 0 Å². The van der Waals surface area contributed by atoms with Crippen molar-refractivity contribution in [1.82, 2.24) is 0 Å². The lowest BCUT2D eigenvalue weighted by atomic mass is 9.95. The minimum absolute atomic E-state index is 0.101. The zero-order valence-electron chi connectivity index (χ0n) is 11.8. The molecule has 0 heterocycles. The molecule has 3 heteroatoms.